The Kier molecular flexibility index (Phi) is 2.96. The van der Waals surface area contributed by atoms with E-state index >= 15 is 0 Å². The Hall–Kier alpha value is -0.630. The van der Waals surface area contributed by atoms with Crippen molar-refractivity contribution >= 4 is 5.78 Å². The number of ketones is 1. The number of aliphatic hydroxyl groups excluding tert-OH is 1. The van der Waals surface area contributed by atoms with Gasteiger partial charge in [-0.2, -0.15) is 0 Å². The molecule has 2 heteroatoms. The number of aliphatic hydroxyl groups is 1. The van der Waals surface area contributed by atoms with Gasteiger partial charge in [-0.3, -0.25) is 4.79 Å². The van der Waals surface area contributed by atoms with Crippen LogP contribution in [0, 0.1) is 34.5 Å². The van der Waals surface area contributed by atoms with Gasteiger partial charge < -0.3 is 5.11 Å². The molecule has 3 unspecified atom stereocenters. The zero-order chi connectivity index (χ0) is 14.8. The standard InChI is InChI=1S/C19H28O2/c1-18-9-7-13(20)11-12(18)3-4-14-15-5-6-17(21)19(15,2)10-8-16(14)18/h7,9,12-16,20H,3-6,8,10-11H2,1-2H3/t12-,13+,14?,15?,16?,18+,19+/m1/s1. The van der Waals surface area contributed by atoms with Gasteiger partial charge in [0.15, 0.2) is 0 Å². The van der Waals surface area contributed by atoms with Gasteiger partial charge >= 0.3 is 0 Å². The topological polar surface area (TPSA) is 37.3 Å². The van der Waals surface area contributed by atoms with Crippen molar-refractivity contribution in [2.24, 2.45) is 34.5 Å². The molecular weight excluding hydrogens is 260 g/mol. The summed E-state index contributed by atoms with van der Waals surface area (Å²) >= 11 is 0. The van der Waals surface area contributed by atoms with E-state index in [-0.39, 0.29) is 16.9 Å². The van der Waals surface area contributed by atoms with Crippen molar-refractivity contribution in [2.45, 2.75) is 64.9 Å². The maximum Gasteiger partial charge on any atom is 0.139 e. The van der Waals surface area contributed by atoms with Gasteiger partial charge in [-0.15, -0.1) is 0 Å². The van der Waals surface area contributed by atoms with Crippen LogP contribution in [0.3, 0.4) is 0 Å². The van der Waals surface area contributed by atoms with Gasteiger partial charge in [0.25, 0.3) is 0 Å². The van der Waals surface area contributed by atoms with Crippen molar-refractivity contribution in [1.82, 2.24) is 0 Å². The van der Waals surface area contributed by atoms with Crippen LogP contribution < -0.4 is 0 Å². The van der Waals surface area contributed by atoms with Gasteiger partial charge in [-0.1, -0.05) is 26.0 Å². The molecule has 3 fully saturated rings. The van der Waals surface area contributed by atoms with Crippen molar-refractivity contribution < 1.29 is 9.90 Å². The lowest BCUT2D eigenvalue weighted by molar-refractivity contribution is -0.134. The Labute approximate surface area is 128 Å². The maximum atomic E-state index is 12.4. The molecule has 0 aromatic heterocycles. The molecule has 4 aliphatic rings. The van der Waals surface area contributed by atoms with E-state index < -0.39 is 0 Å². The molecule has 0 heterocycles. The van der Waals surface area contributed by atoms with Crippen molar-refractivity contribution in [3.05, 3.63) is 12.2 Å². The molecule has 3 saturated carbocycles. The Morgan fingerprint density at radius 1 is 1.14 bits per heavy atom. The summed E-state index contributed by atoms with van der Waals surface area (Å²) in [4.78, 5) is 12.4. The van der Waals surface area contributed by atoms with Crippen molar-refractivity contribution in [3.63, 3.8) is 0 Å². The molecule has 1 N–H and O–H groups in total. The molecule has 21 heavy (non-hydrogen) atoms. The molecule has 0 spiro atoms. The summed E-state index contributed by atoms with van der Waals surface area (Å²) < 4.78 is 0. The molecule has 116 valence electrons. The third-order valence-corrected chi connectivity index (χ3v) is 7.88. The lowest BCUT2D eigenvalue weighted by atomic mass is 9.46. The highest BCUT2D eigenvalue weighted by Crippen LogP contribution is 2.64. The fourth-order valence-electron chi connectivity index (χ4n) is 6.56. The van der Waals surface area contributed by atoms with E-state index in [1.807, 2.05) is 6.08 Å². The minimum absolute atomic E-state index is 0.0116. The number of Topliss-reactive ketones (excluding diaryl/α,β-unsaturated/α-hetero) is 1. The Morgan fingerprint density at radius 2 is 1.95 bits per heavy atom. The number of carbonyl (C=O) groups excluding carboxylic acids is 1. The van der Waals surface area contributed by atoms with E-state index in [1.54, 1.807) is 0 Å². The normalized spacial score (nSPS) is 55.8. The first-order valence-corrected chi connectivity index (χ1v) is 8.86. The van der Waals surface area contributed by atoms with E-state index in [0.717, 1.165) is 37.5 Å². The summed E-state index contributed by atoms with van der Waals surface area (Å²) in [5, 5.41) is 9.95. The number of carbonyl (C=O) groups is 1. The lowest BCUT2D eigenvalue weighted by Crippen LogP contribution is -2.52. The Balaban J connectivity index is 1.68. The number of fused-ring (bicyclic) bond motifs is 5. The number of rotatable bonds is 0. The molecule has 0 aliphatic heterocycles. The first-order valence-electron chi connectivity index (χ1n) is 8.86. The van der Waals surface area contributed by atoms with Crippen molar-refractivity contribution in [1.29, 1.82) is 0 Å². The zero-order valence-corrected chi connectivity index (χ0v) is 13.3. The maximum absolute atomic E-state index is 12.4. The van der Waals surface area contributed by atoms with Crippen LogP contribution in [0.2, 0.25) is 0 Å². The summed E-state index contributed by atoms with van der Waals surface area (Å²) in [7, 11) is 0. The van der Waals surface area contributed by atoms with Crippen molar-refractivity contribution in [2.75, 3.05) is 0 Å². The largest absolute Gasteiger partial charge is 0.389 e. The Bertz CT molecular complexity index is 496. The highest BCUT2D eigenvalue weighted by molar-refractivity contribution is 5.87. The van der Waals surface area contributed by atoms with Crippen LogP contribution in [0.25, 0.3) is 0 Å². The van der Waals surface area contributed by atoms with E-state index in [0.29, 0.717) is 17.6 Å². The fraction of sp³-hybridized carbons (Fsp3) is 0.842. The second kappa shape index (κ2) is 4.44. The minimum Gasteiger partial charge on any atom is -0.389 e. The summed E-state index contributed by atoms with van der Waals surface area (Å²) in [5.74, 6) is 3.26. The SMILES string of the molecule is C[C@]12CCC3C(CC[C@@H]4C[C@@H](O)C=C[C@]34C)C1CCC2=O. The van der Waals surface area contributed by atoms with E-state index in [2.05, 4.69) is 19.9 Å². The van der Waals surface area contributed by atoms with Crippen LogP contribution in [-0.2, 0) is 4.79 Å². The first-order chi connectivity index (χ1) is 9.95. The predicted molar refractivity (Wildman–Crippen MR) is 82.6 cm³/mol. The number of hydrogen-bond acceptors (Lipinski definition) is 2. The number of hydrogen-bond donors (Lipinski definition) is 1. The van der Waals surface area contributed by atoms with Crippen LogP contribution in [0.4, 0.5) is 0 Å². The second-order valence-corrected chi connectivity index (χ2v) is 8.60. The average Bonchev–Trinajstić information content (AvgIpc) is 2.76. The molecule has 7 atom stereocenters. The van der Waals surface area contributed by atoms with Gasteiger partial charge in [-0.25, -0.2) is 0 Å². The zero-order valence-electron chi connectivity index (χ0n) is 13.3. The third-order valence-electron chi connectivity index (χ3n) is 7.88. The molecule has 4 aliphatic carbocycles. The van der Waals surface area contributed by atoms with E-state index in [9.17, 15) is 9.90 Å². The molecule has 2 nitrogen and oxygen atoms in total. The van der Waals surface area contributed by atoms with E-state index in [4.69, 9.17) is 0 Å². The van der Waals surface area contributed by atoms with E-state index in [1.165, 1.54) is 19.3 Å². The van der Waals surface area contributed by atoms with Crippen LogP contribution in [0.15, 0.2) is 12.2 Å². The molecule has 4 rings (SSSR count). The van der Waals surface area contributed by atoms with Gasteiger partial charge in [0.1, 0.15) is 5.78 Å². The van der Waals surface area contributed by atoms with Crippen LogP contribution in [0.1, 0.15) is 58.8 Å². The Morgan fingerprint density at radius 3 is 2.76 bits per heavy atom. The summed E-state index contributed by atoms with van der Waals surface area (Å²) in [6.45, 7) is 4.68. The highest BCUT2D eigenvalue weighted by atomic mass is 16.3. The lowest BCUT2D eigenvalue weighted by Gasteiger charge is -2.58. The molecule has 0 radical (unpaired) electrons. The molecule has 0 saturated heterocycles. The highest BCUT2D eigenvalue weighted by Gasteiger charge is 2.59. The molecule has 0 amide bonds. The van der Waals surface area contributed by atoms with Crippen LogP contribution >= 0.6 is 0 Å². The first kappa shape index (κ1) is 14.0. The van der Waals surface area contributed by atoms with Gasteiger partial charge in [0, 0.05) is 11.8 Å². The molecule has 0 bridgehead atoms. The summed E-state index contributed by atoms with van der Waals surface area (Å²) in [6, 6.07) is 0. The van der Waals surface area contributed by atoms with Crippen LogP contribution in [0.5, 0.6) is 0 Å². The third kappa shape index (κ3) is 1.78. The molecule has 0 aromatic rings. The molecular formula is C19H28O2. The van der Waals surface area contributed by atoms with Gasteiger partial charge in [0.2, 0.25) is 0 Å². The minimum atomic E-state index is -0.235. The predicted octanol–water partition coefficient (Wildman–Crippen LogP) is 3.74. The smallest absolute Gasteiger partial charge is 0.139 e. The van der Waals surface area contributed by atoms with Crippen LogP contribution in [-0.4, -0.2) is 17.0 Å². The summed E-state index contributed by atoms with van der Waals surface area (Å²) in [5.41, 5.74) is 0.247. The summed E-state index contributed by atoms with van der Waals surface area (Å²) in [6.07, 6.45) is 11.8. The quantitative estimate of drug-likeness (QED) is 0.690. The fourth-order valence-corrected chi connectivity index (χ4v) is 6.56. The van der Waals surface area contributed by atoms with Gasteiger partial charge in [-0.05, 0) is 67.6 Å². The number of allylic oxidation sites excluding steroid dienone is 1. The molecule has 0 aromatic carbocycles. The van der Waals surface area contributed by atoms with Gasteiger partial charge in [0.05, 0.1) is 6.10 Å². The average molecular weight is 288 g/mol. The monoisotopic (exact) mass is 288 g/mol. The second-order valence-electron chi connectivity index (χ2n) is 8.60. The van der Waals surface area contributed by atoms with Crippen molar-refractivity contribution in [3.8, 4) is 0 Å².